The van der Waals surface area contributed by atoms with Crippen LogP contribution >= 0.6 is 38.5 Å². The van der Waals surface area contributed by atoms with Crippen molar-refractivity contribution in [2.75, 3.05) is 15.9 Å². The van der Waals surface area contributed by atoms with Crippen LogP contribution in [0.5, 0.6) is 0 Å². The minimum Gasteiger partial charge on any atom is -0.443 e. The van der Waals surface area contributed by atoms with E-state index in [2.05, 4.69) is 38.5 Å². The topological polar surface area (TPSA) is 29.5 Å². The summed E-state index contributed by atoms with van der Waals surface area (Å²) in [5.41, 5.74) is -0.356. The van der Waals surface area contributed by atoms with Crippen molar-refractivity contribution in [3.8, 4) is 0 Å². The zero-order valence-corrected chi connectivity index (χ0v) is 12.2. The quantitative estimate of drug-likeness (QED) is 0.544. The van der Waals surface area contributed by atoms with Crippen molar-refractivity contribution in [2.24, 2.45) is 0 Å². The van der Waals surface area contributed by atoms with Crippen LogP contribution in [-0.4, -0.2) is 23.2 Å². The van der Waals surface area contributed by atoms with Gasteiger partial charge < -0.3 is 4.74 Å². The van der Waals surface area contributed by atoms with Gasteiger partial charge in [-0.05, 0) is 12.1 Å². The summed E-state index contributed by atoms with van der Waals surface area (Å²) in [6, 6.07) is 2.23. The van der Waals surface area contributed by atoms with Gasteiger partial charge in [-0.25, -0.2) is 13.6 Å². The first-order valence-electron chi connectivity index (χ1n) is 4.71. The van der Waals surface area contributed by atoms with Crippen LogP contribution in [0.25, 0.3) is 0 Å². The van der Waals surface area contributed by atoms with E-state index in [1.54, 1.807) is 0 Å². The average molecular weight is 418 g/mol. The molecule has 17 heavy (non-hydrogen) atoms. The Bertz CT molecular complexity index is 449. The molecular formula is C10H7BrF2INO2. The van der Waals surface area contributed by atoms with E-state index in [1.165, 1.54) is 0 Å². The summed E-state index contributed by atoms with van der Waals surface area (Å²) in [6.45, 7) is 0.164. The number of carbonyl (C=O) groups is 1. The maximum atomic E-state index is 13.6. The lowest BCUT2D eigenvalue weighted by Crippen LogP contribution is -2.26. The highest BCUT2D eigenvalue weighted by Gasteiger charge is 2.35. The van der Waals surface area contributed by atoms with Crippen LogP contribution in [-0.2, 0) is 4.74 Å². The Kier molecular flexibility index (Phi) is 3.86. The monoisotopic (exact) mass is 417 g/mol. The second-order valence-electron chi connectivity index (χ2n) is 3.49. The maximum absolute atomic E-state index is 13.6. The third kappa shape index (κ3) is 2.54. The Morgan fingerprint density at radius 1 is 1.47 bits per heavy atom. The number of amides is 1. The van der Waals surface area contributed by atoms with E-state index in [0.717, 1.165) is 17.0 Å². The molecule has 0 aromatic heterocycles. The van der Waals surface area contributed by atoms with Crippen molar-refractivity contribution in [1.82, 2.24) is 0 Å². The summed E-state index contributed by atoms with van der Waals surface area (Å²) in [5.74, 6) is -1.58. The van der Waals surface area contributed by atoms with E-state index < -0.39 is 17.7 Å². The molecule has 0 unspecified atom stereocenters. The molecule has 1 fully saturated rings. The van der Waals surface area contributed by atoms with E-state index in [9.17, 15) is 13.6 Å². The van der Waals surface area contributed by atoms with Gasteiger partial charge in [-0.15, -0.1) is 0 Å². The van der Waals surface area contributed by atoms with Crippen LogP contribution in [0.3, 0.4) is 0 Å². The molecule has 1 heterocycles. The van der Waals surface area contributed by atoms with Crippen LogP contribution in [0.15, 0.2) is 16.6 Å². The minimum atomic E-state index is -0.789. The zero-order valence-electron chi connectivity index (χ0n) is 8.42. The van der Waals surface area contributed by atoms with Crippen LogP contribution in [0.1, 0.15) is 0 Å². The number of anilines is 1. The lowest BCUT2D eigenvalue weighted by molar-refractivity contribution is 0.152. The molecular weight excluding hydrogens is 411 g/mol. The Hall–Kier alpha value is -0.440. The third-order valence-electron chi connectivity index (χ3n) is 2.30. The SMILES string of the molecule is O=C1O[C@@H](CI)CN1c1c(F)cc(Br)cc1F. The fourth-order valence-electron chi connectivity index (χ4n) is 1.58. The van der Waals surface area contributed by atoms with Gasteiger partial charge in [0.05, 0.1) is 6.54 Å². The van der Waals surface area contributed by atoms with Crippen LogP contribution in [0.2, 0.25) is 0 Å². The molecule has 0 N–H and O–H groups in total. The smallest absolute Gasteiger partial charge is 0.414 e. The largest absolute Gasteiger partial charge is 0.443 e. The highest BCUT2D eigenvalue weighted by atomic mass is 127. The predicted octanol–water partition coefficient (Wildman–Crippen LogP) is 3.49. The van der Waals surface area contributed by atoms with Crippen LogP contribution < -0.4 is 4.90 Å². The number of nitrogens with zero attached hydrogens (tertiary/aromatic N) is 1. The Balaban J connectivity index is 2.38. The lowest BCUT2D eigenvalue weighted by atomic mass is 10.2. The van der Waals surface area contributed by atoms with Gasteiger partial charge in [0, 0.05) is 8.90 Å². The molecule has 92 valence electrons. The highest BCUT2D eigenvalue weighted by Crippen LogP contribution is 2.30. The summed E-state index contributed by atoms with van der Waals surface area (Å²) in [6.07, 6.45) is -1.04. The molecule has 2 rings (SSSR count). The van der Waals surface area contributed by atoms with Crippen molar-refractivity contribution in [3.63, 3.8) is 0 Å². The number of rotatable bonds is 2. The standard InChI is InChI=1S/C10H7BrF2INO2/c11-5-1-7(12)9(8(13)2-5)15-4-6(3-14)17-10(15)16/h1-2,6H,3-4H2/t6-/m0/s1. The zero-order chi connectivity index (χ0) is 12.6. The third-order valence-corrected chi connectivity index (χ3v) is 3.74. The van der Waals surface area contributed by atoms with Crippen molar-refractivity contribution in [2.45, 2.75) is 6.10 Å². The van der Waals surface area contributed by atoms with Gasteiger partial charge in [0.1, 0.15) is 11.8 Å². The second kappa shape index (κ2) is 5.05. The summed E-state index contributed by atoms with van der Waals surface area (Å²) in [4.78, 5) is 12.5. The molecule has 0 saturated carbocycles. The molecule has 1 aromatic carbocycles. The number of hydrogen-bond acceptors (Lipinski definition) is 2. The van der Waals surface area contributed by atoms with Gasteiger partial charge >= 0.3 is 6.09 Å². The van der Waals surface area contributed by atoms with Crippen molar-refractivity contribution in [3.05, 3.63) is 28.2 Å². The van der Waals surface area contributed by atoms with Gasteiger partial charge in [0.2, 0.25) is 0 Å². The number of cyclic esters (lactones) is 1. The van der Waals surface area contributed by atoms with E-state index >= 15 is 0 Å². The van der Waals surface area contributed by atoms with E-state index in [4.69, 9.17) is 4.74 Å². The summed E-state index contributed by atoms with van der Waals surface area (Å²) in [7, 11) is 0. The van der Waals surface area contributed by atoms with E-state index in [1.807, 2.05) is 0 Å². The van der Waals surface area contributed by atoms with E-state index in [0.29, 0.717) is 4.43 Å². The lowest BCUT2D eigenvalue weighted by Gasteiger charge is -2.14. The Morgan fingerprint density at radius 2 is 2.06 bits per heavy atom. The van der Waals surface area contributed by atoms with Gasteiger partial charge in [-0.1, -0.05) is 38.5 Å². The fraction of sp³-hybridized carbons (Fsp3) is 0.300. The molecule has 0 bridgehead atoms. The second-order valence-corrected chi connectivity index (χ2v) is 5.29. The predicted molar refractivity (Wildman–Crippen MR) is 70.6 cm³/mol. The number of benzene rings is 1. The number of hydrogen-bond donors (Lipinski definition) is 0. The molecule has 3 nitrogen and oxygen atoms in total. The molecule has 1 aliphatic rings. The van der Waals surface area contributed by atoms with Crippen molar-refractivity contribution in [1.29, 1.82) is 0 Å². The molecule has 0 radical (unpaired) electrons. The fourth-order valence-corrected chi connectivity index (χ4v) is 2.44. The normalized spacial score (nSPS) is 19.6. The van der Waals surface area contributed by atoms with Crippen LogP contribution in [0.4, 0.5) is 19.3 Å². The molecule has 1 saturated heterocycles. The molecule has 0 spiro atoms. The molecule has 1 aromatic rings. The van der Waals surface area contributed by atoms with Gasteiger partial charge in [-0.3, -0.25) is 4.90 Å². The number of carbonyl (C=O) groups excluding carboxylic acids is 1. The molecule has 1 amide bonds. The molecule has 0 aliphatic carbocycles. The number of halogens is 4. The number of ether oxygens (including phenoxy) is 1. The Morgan fingerprint density at radius 3 is 2.53 bits per heavy atom. The highest BCUT2D eigenvalue weighted by molar-refractivity contribution is 14.1. The first kappa shape index (κ1) is 13.0. The van der Waals surface area contributed by atoms with Gasteiger partial charge in [-0.2, -0.15) is 0 Å². The van der Waals surface area contributed by atoms with Crippen molar-refractivity contribution >= 4 is 50.3 Å². The molecule has 1 aliphatic heterocycles. The molecule has 7 heteroatoms. The first-order chi connectivity index (χ1) is 8.02. The first-order valence-corrected chi connectivity index (χ1v) is 7.03. The van der Waals surface area contributed by atoms with E-state index in [-0.39, 0.29) is 22.8 Å². The molecule has 1 atom stereocenters. The number of alkyl halides is 1. The average Bonchev–Trinajstić information content (AvgIpc) is 2.59. The van der Waals surface area contributed by atoms with Gasteiger partial charge in [0.15, 0.2) is 11.6 Å². The Labute approximate surface area is 118 Å². The maximum Gasteiger partial charge on any atom is 0.414 e. The van der Waals surface area contributed by atoms with Crippen LogP contribution in [0, 0.1) is 11.6 Å². The minimum absolute atomic E-state index is 0.164. The summed E-state index contributed by atoms with van der Waals surface area (Å²) in [5, 5.41) is 0. The summed E-state index contributed by atoms with van der Waals surface area (Å²) < 4.78 is 33.1. The van der Waals surface area contributed by atoms with Gasteiger partial charge in [0.25, 0.3) is 0 Å². The van der Waals surface area contributed by atoms with Crippen molar-refractivity contribution < 1.29 is 18.3 Å². The summed E-state index contributed by atoms with van der Waals surface area (Å²) >= 11 is 5.03.